The summed E-state index contributed by atoms with van der Waals surface area (Å²) in [5, 5.41) is 11.7. The van der Waals surface area contributed by atoms with E-state index >= 15 is 0 Å². The average Bonchev–Trinajstić information content (AvgIpc) is 2.31. The van der Waals surface area contributed by atoms with E-state index in [-0.39, 0.29) is 11.8 Å². The summed E-state index contributed by atoms with van der Waals surface area (Å²) in [5.41, 5.74) is 2.26. The van der Waals surface area contributed by atoms with Gasteiger partial charge in [0.2, 0.25) is 5.91 Å². The van der Waals surface area contributed by atoms with Gasteiger partial charge in [0.25, 0.3) is 0 Å². The second kappa shape index (κ2) is 6.61. The standard InChI is InChI=1S/C16H21NO4/c1-10-7-11(2)9-12(8-10)21-6-5-17-15(18)13-3-4-14(13)16(19)20/h7-9,13-14H,3-6H2,1-2H3,(H,17,18)(H,19,20). The molecule has 1 aliphatic carbocycles. The molecule has 1 amide bonds. The third-order valence-corrected chi connectivity index (χ3v) is 3.79. The van der Waals surface area contributed by atoms with Gasteiger partial charge in [-0.3, -0.25) is 9.59 Å². The number of nitrogens with one attached hydrogen (secondary N) is 1. The summed E-state index contributed by atoms with van der Waals surface area (Å²) in [7, 11) is 0. The van der Waals surface area contributed by atoms with Crippen molar-refractivity contribution >= 4 is 11.9 Å². The number of benzene rings is 1. The second-order valence-electron chi connectivity index (χ2n) is 5.59. The van der Waals surface area contributed by atoms with Gasteiger partial charge in [0.1, 0.15) is 12.4 Å². The molecule has 0 aromatic heterocycles. The maximum absolute atomic E-state index is 11.8. The minimum absolute atomic E-state index is 0.183. The Morgan fingerprint density at radius 3 is 2.33 bits per heavy atom. The van der Waals surface area contributed by atoms with Crippen molar-refractivity contribution in [3.63, 3.8) is 0 Å². The molecular weight excluding hydrogens is 270 g/mol. The predicted molar refractivity (Wildman–Crippen MR) is 78.3 cm³/mol. The van der Waals surface area contributed by atoms with Crippen LogP contribution in [0.4, 0.5) is 0 Å². The molecule has 1 aromatic rings. The lowest BCUT2D eigenvalue weighted by Gasteiger charge is -2.31. The summed E-state index contributed by atoms with van der Waals surface area (Å²) < 4.78 is 5.59. The number of carbonyl (C=O) groups excluding carboxylic acids is 1. The molecule has 2 N–H and O–H groups in total. The maximum Gasteiger partial charge on any atom is 0.307 e. The summed E-state index contributed by atoms with van der Waals surface area (Å²) in [5.74, 6) is -1.19. The zero-order valence-corrected chi connectivity index (χ0v) is 12.4. The molecule has 2 atom stereocenters. The number of aryl methyl sites for hydroxylation is 2. The normalized spacial score (nSPS) is 20.5. The number of rotatable bonds is 6. The minimum Gasteiger partial charge on any atom is -0.492 e. The van der Waals surface area contributed by atoms with Gasteiger partial charge < -0.3 is 15.2 Å². The van der Waals surface area contributed by atoms with Gasteiger partial charge in [-0.05, 0) is 49.9 Å². The molecule has 1 aliphatic rings. The first-order valence-corrected chi connectivity index (χ1v) is 7.19. The van der Waals surface area contributed by atoms with Crippen molar-refractivity contribution in [2.45, 2.75) is 26.7 Å². The van der Waals surface area contributed by atoms with Crippen LogP contribution < -0.4 is 10.1 Å². The van der Waals surface area contributed by atoms with E-state index in [1.807, 2.05) is 26.0 Å². The van der Waals surface area contributed by atoms with Crippen LogP contribution in [0.5, 0.6) is 5.75 Å². The van der Waals surface area contributed by atoms with Gasteiger partial charge in [-0.2, -0.15) is 0 Å². The molecule has 0 aliphatic heterocycles. The number of aliphatic carboxylic acids is 1. The molecule has 0 saturated heterocycles. The largest absolute Gasteiger partial charge is 0.492 e. The molecular formula is C16H21NO4. The number of amides is 1. The van der Waals surface area contributed by atoms with Gasteiger partial charge in [-0.25, -0.2) is 0 Å². The molecule has 1 aromatic carbocycles. The molecule has 5 nitrogen and oxygen atoms in total. The van der Waals surface area contributed by atoms with Gasteiger partial charge in [-0.15, -0.1) is 0 Å². The maximum atomic E-state index is 11.8. The Bertz CT molecular complexity index is 521. The van der Waals surface area contributed by atoms with E-state index in [4.69, 9.17) is 9.84 Å². The Morgan fingerprint density at radius 2 is 1.81 bits per heavy atom. The molecule has 0 bridgehead atoms. The lowest BCUT2D eigenvalue weighted by Crippen LogP contribution is -2.44. The third-order valence-electron chi connectivity index (χ3n) is 3.79. The number of carbonyl (C=O) groups is 2. The van der Waals surface area contributed by atoms with Gasteiger partial charge in [-0.1, -0.05) is 6.07 Å². The topological polar surface area (TPSA) is 75.6 Å². The Kier molecular flexibility index (Phi) is 4.83. The van der Waals surface area contributed by atoms with E-state index in [2.05, 4.69) is 11.4 Å². The van der Waals surface area contributed by atoms with Gasteiger partial charge in [0.05, 0.1) is 18.4 Å². The first kappa shape index (κ1) is 15.4. The van der Waals surface area contributed by atoms with Crippen LogP contribution in [0.1, 0.15) is 24.0 Å². The molecule has 0 heterocycles. The monoisotopic (exact) mass is 291 g/mol. The zero-order chi connectivity index (χ0) is 15.4. The molecule has 0 spiro atoms. The van der Waals surface area contributed by atoms with Gasteiger partial charge in [0.15, 0.2) is 0 Å². The average molecular weight is 291 g/mol. The highest BCUT2D eigenvalue weighted by Gasteiger charge is 2.41. The molecule has 2 unspecified atom stereocenters. The highest BCUT2D eigenvalue weighted by Crippen LogP contribution is 2.34. The zero-order valence-electron chi connectivity index (χ0n) is 12.4. The number of ether oxygens (including phenoxy) is 1. The van der Waals surface area contributed by atoms with Crippen LogP contribution in [0.15, 0.2) is 18.2 Å². The number of hydrogen-bond donors (Lipinski definition) is 2. The summed E-state index contributed by atoms with van der Waals surface area (Å²) >= 11 is 0. The van der Waals surface area contributed by atoms with E-state index < -0.39 is 11.9 Å². The van der Waals surface area contributed by atoms with Crippen molar-refractivity contribution in [3.05, 3.63) is 29.3 Å². The van der Waals surface area contributed by atoms with E-state index in [0.717, 1.165) is 16.9 Å². The number of hydrogen-bond acceptors (Lipinski definition) is 3. The second-order valence-corrected chi connectivity index (χ2v) is 5.59. The van der Waals surface area contributed by atoms with Gasteiger partial charge >= 0.3 is 5.97 Å². The quantitative estimate of drug-likeness (QED) is 0.785. The molecule has 0 radical (unpaired) electrons. The van der Waals surface area contributed by atoms with Crippen molar-refractivity contribution in [1.29, 1.82) is 0 Å². The Balaban J connectivity index is 1.72. The predicted octanol–water partition coefficient (Wildman–Crippen LogP) is 1.91. The Hall–Kier alpha value is -2.04. The van der Waals surface area contributed by atoms with Crippen molar-refractivity contribution in [1.82, 2.24) is 5.32 Å². The Morgan fingerprint density at radius 1 is 1.19 bits per heavy atom. The van der Waals surface area contributed by atoms with Crippen LogP contribution in [0, 0.1) is 25.7 Å². The SMILES string of the molecule is Cc1cc(C)cc(OCCNC(=O)C2CCC2C(=O)O)c1. The van der Waals surface area contributed by atoms with Crippen LogP contribution in [0.25, 0.3) is 0 Å². The van der Waals surface area contributed by atoms with Crippen LogP contribution >= 0.6 is 0 Å². The summed E-state index contributed by atoms with van der Waals surface area (Å²) in [6.45, 7) is 4.77. The minimum atomic E-state index is -0.882. The van der Waals surface area contributed by atoms with E-state index in [1.54, 1.807) is 0 Å². The fourth-order valence-corrected chi connectivity index (χ4v) is 2.60. The third kappa shape index (κ3) is 3.97. The van der Waals surface area contributed by atoms with Gasteiger partial charge in [0, 0.05) is 0 Å². The highest BCUT2D eigenvalue weighted by molar-refractivity contribution is 5.86. The molecule has 5 heteroatoms. The molecule has 1 saturated carbocycles. The molecule has 2 rings (SSSR count). The van der Waals surface area contributed by atoms with Crippen molar-refractivity contribution < 1.29 is 19.4 Å². The first-order chi connectivity index (χ1) is 9.97. The van der Waals surface area contributed by atoms with Crippen LogP contribution in [-0.2, 0) is 9.59 Å². The van der Waals surface area contributed by atoms with Crippen molar-refractivity contribution in [2.75, 3.05) is 13.2 Å². The molecule has 1 fully saturated rings. The fourth-order valence-electron chi connectivity index (χ4n) is 2.60. The molecule has 114 valence electrons. The van der Waals surface area contributed by atoms with E-state index in [9.17, 15) is 9.59 Å². The first-order valence-electron chi connectivity index (χ1n) is 7.19. The van der Waals surface area contributed by atoms with Crippen molar-refractivity contribution in [2.24, 2.45) is 11.8 Å². The fraction of sp³-hybridized carbons (Fsp3) is 0.500. The lowest BCUT2D eigenvalue weighted by atomic mass is 9.73. The van der Waals surface area contributed by atoms with Crippen molar-refractivity contribution in [3.8, 4) is 5.75 Å². The molecule has 21 heavy (non-hydrogen) atoms. The van der Waals surface area contributed by atoms with Crippen LogP contribution in [0.2, 0.25) is 0 Å². The highest BCUT2D eigenvalue weighted by atomic mass is 16.5. The number of carboxylic acids is 1. The summed E-state index contributed by atoms with van der Waals surface area (Å²) in [6, 6.07) is 5.96. The Labute approximate surface area is 124 Å². The van der Waals surface area contributed by atoms with E-state index in [1.165, 1.54) is 0 Å². The van der Waals surface area contributed by atoms with E-state index in [0.29, 0.717) is 26.0 Å². The van der Waals surface area contributed by atoms with Crippen LogP contribution in [0.3, 0.4) is 0 Å². The summed E-state index contributed by atoms with van der Waals surface area (Å²) in [6.07, 6.45) is 1.24. The van der Waals surface area contributed by atoms with Crippen LogP contribution in [-0.4, -0.2) is 30.1 Å². The lowest BCUT2D eigenvalue weighted by molar-refractivity contribution is -0.152. The summed E-state index contributed by atoms with van der Waals surface area (Å²) in [4.78, 5) is 22.7. The smallest absolute Gasteiger partial charge is 0.307 e. The number of carboxylic acid groups (broad SMARTS) is 1.